The molecule has 2 aromatic rings. The molecule has 0 unspecified atom stereocenters. The van der Waals surface area contributed by atoms with E-state index < -0.39 is 21.2 Å². The Balaban J connectivity index is 2.00. The first-order valence-electron chi connectivity index (χ1n) is 8.33. The number of allylic oxidation sites excluding steroid dienone is 1. The molecule has 0 saturated carbocycles. The van der Waals surface area contributed by atoms with Crippen LogP contribution in [0.5, 0.6) is 0 Å². The Labute approximate surface area is 149 Å². The zero-order valence-corrected chi connectivity index (χ0v) is 15.3. The fraction of sp³-hybridized carbons (Fsp3) is 0.200. The molecule has 0 bridgehead atoms. The van der Waals surface area contributed by atoms with Gasteiger partial charge >= 0.3 is 21.2 Å². The van der Waals surface area contributed by atoms with E-state index in [0.29, 0.717) is 17.2 Å². The molecule has 5 heteroatoms. The SMILES string of the molecule is C=CCCCC[SiH](OC(=O)c1ccccc1)OC(=O)c1ccccc1. The van der Waals surface area contributed by atoms with Gasteiger partial charge < -0.3 is 8.85 Å². The molecule has 2 rings (SSSR count). The third-order valence-corrected chi connectivity index (χ3v) is 5.43. The maximum Gasteiger partial charge on any atom is 0.448 e. The molecule has 0 spiro atoms. The minimum absolute atomic E-state index is 0.443. The van der Waals surface area contributed by atoms with Crippen molar-refractivity contribution >= 4 is 21.2 Å². The van der Waals surface area contributed by atoms with Crippen LogP contribution in [0.2, 0.25) is 6.04 Å². The Bertz CT molecular complexity index is 632. The predicted molar refractivity (Wildman–Crippen MR) is 99.7 cm³/mol. The zero-order chi connectivity index (χ0) is 17.9. The van der Waals surface area contributed by atoms with Crippen molar-refractivity contribution in [3.8, 4) is 0 Å². The second kappa shape index (κ2) is 10.3. The van der Waals surface area contributed by atoms with E-state index in [1.54, 1.807) is 48.5 Å². The lowest BCUT2D eigenvalue weighted by Crippen LogP contribution is -2.29. The molecule has 0 fully saturated rings. The van der Waals surface area contributed by atoms with Crippen LogP contribution in [-0.4, -0.2) is 21.2 Å². The summed E-state index contributed by atoms with van der Waals surface area (Å²) in [6.07, 6.45) is 4.49. The summed E-state index contributed by atoms with van der Waals surface area (Å²) in [5.41, 5.74) is 0.920. The quantitative estimate of drug-likeness (QED) is 0.383. The summed E-state index contributed by atoms with van der Waals surface area (Å²) < 4.78 is 11.1. The van der Waals surface area contributed by atoms with Gasteiger partial charge in [0, 0.05) is 6.04 Å². The van der Waals surface area contributed by atoms with Crippen molar-refractivity contribution in [1.82, 2.24) is 0 Å². The Morgan fingerprint density at radius 2 is 1.32 bits per heavy atom. The molecule has 0 aliphatic rings. The van der Waals surface area contributed by atoms with Crippen LogP contribution in [0.25, 0.3) is 0 Å². The number of carbonyl (C=O) groups is 2. The van der Waals surface area contributed by atoms with E-state index >= 15 is 0 Å². The molecule has 0 radical (unpaired) electrons. The highest BCUT2D eigenvalue weighted by Gasteiger charge is 2.24. The molecular formula is C20H22O4Si. The van der Waals surface area contributed by atoms with Crippen molar-refractivity contribution in [3.63, 3.8) is 0 Å². The number of hydrogen-bond acceptors (Lipinski definition) is 4. The third kappa shape index (κ3) is 6.39. The largest absolute Gasteiger partial charge is 0.483 e. The number of unbranched alkanes of at least 4 members (excludes halogenated alkanes) is 2. The van der Waals surface area contributed by atoms with Crippen LogP contribution in [0.3, 0.4) is 0 Å². The van der Waals surface area contributed by atoms with E-state index in [1.165, 1.54) is 0 Å². The monoisotopic (exact) mass is 354 g/mol. The maximum absolute atomic E-state index is 12.3. The molecule has 25 heavy (non-hydrogen) atoms. The first kappa shape index (κ1) is 18.7. The summed E-state index contributed by atoms with van der Waals surface area (Å²) in [7, 11) is -2.47. The van der Waals surface area contributed by atoms with Gasteiger partial charge in [0.2, 0.25) is 0 Å². The van der Waals surface area contributed by atoms with Gasteiger partial charge in [-0.2, -0.15) is 0 Å². The number of rotatable bonds is 9. The second-order valence-electron chi connectivity index (χ2n) is 5.55. The van der Waals surface area contributed by atoms with Crippen LogP contribution < -0.4 is 0 Å². The lowest BCUT2D eigenvalue weighted by molar-refractivity contribution is 0.0600. The van der Waals surface area contributed by atoms with E-state index in [1.807, 2.05) is 18.2 Å². The van der Waals surface area contributed by atoms with Crippen LogP contribution in [0, 0.1) is 0 Å². The summed E-state index contributed by atoms with van der Waals surface area (Å²) in [5, 5.41) is 0. The average molecular weight is 354 g/mol. The first-order chi connectivity index (χ1) is 12.2. The maximum atomic E-state index is 12.3. The zero-order valence-electron chi connectivity index (χ0n) is 14.1. The third-order valence-electron chi connectivity index (χ3n) is 3.59. The summed E-state index contributed by atoms with van der Waals surface area (Å²) >= 11 is 0. The van der Waals surface area contributed by atoms with Gasteiger partial charge in [-0.1, -0.05) is 42.5 Å². The topological polar surface area (TPSA) is 52.6 Å². The molecule has 0 saturated heterocycles. The van der Waals surface area contributed by atoms with Gasteiger partial charge in [-0.05, 0) is 43.5 Å². The van der Waals surface area contributed by atoms with Gasteiger partial charge in [-0.15, -0.1) is 6.58 Å². The normalized spacial score (nSPS) is 10.3. The van der Waals surface area contributed by atoms with Gasteiger partial charge in [0.25, 0.3) is 0 Å². The number of hydrogen-bond donors (Lipinski definition) is 0. The van der Waals surface area contributed by atoms with Crippen molar-refractivity contribution in [3.05, 3.63) is 84.4 Å². The highest BCUT2D eigenvalue weighted by Crippen LogP contribution is 2.12. The minimum Gasteiger partial charge on any atom is -0.483 e. The Morgan fingerprint density at radius 3 is 1.76 bits per heavy atom. The average Bonchev–Trinajstić information content (AvgIpc) is 2.66. The molecule has 0 aliphatic heterocycles. The van der Waals surface area contributed by atoms with Gasteiger partial charge in [-0.3, -0.25) is 0 Å². The number of benzene rings is 2. The summed E-state index contributed by atoms with van der Waals surface area (Å²) in [5.74, 6) is -0.885. The van der Waals surface area contributed by atoms with Gasteiger partial charge in [0.15, 0.2) is 0 Å². The van der Waals surface area contributed by atoms with Crippen molar-refractivity contribution in [2.45, 2.75) is 25.3 Å². The smallest absolute Gasteiger partial charge is 0.448 e. The molecule has 4 nitrogen and oxygen atoms in total. The summed E-state index contributed by atoms with van der Waals surface area (Å²) in [6.45, 7) is 3.69. The molecule has 0 heterocycles. The molecule has 0 amide bonds. The predicted octanol–water partition coefficient (Wildman–Crippen LogP) is 4.28. The molecule has 0 aromatic heterocycles. The summed E-state index contributed by atoms with van der Waals surface area (Å²) in [6, 6.07) is 18.1. The van der Waals surface area contributed by atoms with Crippen LogP contribution >= 0.6 is 0 Å². The van der Waals surface area contributed by atoms with Gasteiger partial charge in [0.05, 0.1) is 11.1 Å². The van der Waals surface area contributed by atoms with E-state index in [-0.39, 0.29) is 0 Å². The molecule has 0 N–H and O–H groups in total. The lowest BCUT2D eigenvalue weighted by atomic mass is 10.2. The molecule has 130 valence electrons. The molecule has 2 aromatic carbocycles. The van der Waals surface area contributed by atoms with Gasteiger partial charge in [0.1, 0.15) is 0 Å². The van der Waals surface area contributed by atoms with E-state index in [0.717, 1.165) is 19.3 Å². The van der Waals surface area contributed by atoms with E-state index in [9.17, 15) is 9.59 Å². The summed E-state index contributed by atoms with van der Waals surface area (Å²) in [4.78, 5) is 24.5. The molecule has 0 atom stereocenters. The highest BCUT2D eigenvalue weighted by atomic mass is 28.3. The van der Waals surface area contributed by atoms with Crippen LogP contribution in [0.15, 0.2) is 73.3 Å². The van der Waals surface area contributed by atoms with Crippen molar-refractivity contribution < 1.29 is 18.4 Å². The van der Waals surface area contributed by atoms with Crippen molar-refractivity contribution in [2.24, 2.45) is 0 Å². The molecule has 0 aliphatic carbocycles. The fourth-order valence-electron chi connectivity index (χ4n) is 2.26. The minimum atomic E-state index is -2.47. The van der Waals surface area contributed by atoms with Crippen LogP contribution in [0.1, 0.15) is 40.0 Å². The fourth-order valence-corrected chi connectivity index (χ4v) is 3.92. The Kier molecular flexibility index (Phi) is 7.66. The first-order valence-corrected chi connectivity index (χ1v) is 10.1. The van der Waals surface area contributed by atoms with Gasteiger partial charge in [-0.25, -0.2) is 9.59 Å². The van der Waals surface area contributed by atoms with E-state index in [2.05, 4.69) is 6.58 Å². The van der Waals surface area contributed by atoms with E-state index in [4.69, 9.17) is 8.85 Å². The van der Waals surface area contributed by atoms with Crippen molar-refractivity contribution in [1.29, 1.82) is 0 Å². The second-order valence-corrected chi connectivity index (χ2v) is 7.45. The Morgan fingerprint density at radius 1 is 0.840 bits per heavy atom. The standard InChI is InChI=1S/C20H22O4Si/c1-2-3-4-11-16-25(23-19(21)17-12-7-5-8-13-17)24-20(22)18-14-9-6-10-15-18/h2,5-10,12-15,25H,1,3-4,11,16H2. The number of carbonyl (C=O) groups excluding carboxylic acids is 2. The van der Waals surface area contributed by atoms with Crippen LogP contribution in [-0.2, 0) is 8.85 Å². The van der Waals surface area contributed by atoms with Crippen molar-refractivity contribution in [2.75, 3.05) is 0 Å². The Hall–Kier alpha value is -2.66. The molecular weight excluding hydrogens is 332 g/mol. The lowest BCUT2D eigenvalue weighted by Gasteiger charge is -2.17. The highest BCUT2D eigenvalue weighted by molar-refractivity contribution is 6.49. The van der Waals surface area contributed by atoms with Crippen LogP contribution in [0.4, 0.5) is 0 Å².